The van der Waals surface area contributed by atoms with Crippen LogP contribution in [0, 0.1) is 12.3 Å². The maximum Gasteiger partial charge on any atom is 0.145 e. The minimum atomic E-state index is 0.173. The highest BCUT2D eigenvalue weighted by molar-refractivity contribution is 6.30. The van der Waals surface area contributed by atoms with Gasteiger partial charge in [0.05, 0.1) is 23.2 Å². The Morgan fingerprint density at radius 3 is 2.66 bits per heavy atom. The van der Waals surface area contributed by atoms with Crippen LogP contribution in [0.4, 0.5) is 11.4 Å². The van der Waals surface area contributed by atoms with Gasteiger partial charge in [0.15, 0.2) is 0 Å². The molecule has 0 radical (unpaired) electrons. The first-order valence-electron chi connectivity index (χ1n) is 10.2. The Labute approximate surface area is 170 Å². The van der Waals surface area contributed by atoms with E-state index in [2.05, 4.69) is 27.0 Å². The lowest BCUT2D eigenvalue weighted by Crippen LogP contribution is -2.29. The molecular formula is C23H25N5O. The number of aliphatic hydroxyl groups excluding tert-OH is 1. The smallest absolute Gasteiger partial charge is 0.145 e. The summed E-state index contributed by atoms with van der Waals surface area (Å²) >= 11 is 0. The fourth-order valence-electron chi connectivity index (χ4n) is 4.31. The van der Waals surface area contributed by atoms with Crippen LogP contribution in [0.3, 0.4) is 0 Å². The highest BCUT2D eigenvalue weighted by atomic mass is 16.3. The summed E-state index contributed by atoms with van der Waals surface area (Å²) in [6.45, 7) is 4.49. The maximum atomic E-state index is 10.6. The number of nitrogens with zero attached hydrogens (tertiary/aromatic N) is 3. The lowest BCUT2D eigenvalue weighted by atomic mass is 10.1. The number of aryl methyl sites for hydroxylation is 1. The van der Waals surface area contributed by atoms with Crippen LogP contribution in [0.1, 0.15) is 30.7 Å². The predicted octanol–water partition coefficient (Wildman–Crippen LogP) is 4.63. The van der Waals surface area contributed by atoms with E-state index in [-0.39, 0.29) is 18.1 Å². The second-order valence-electron chi connectivity index (χ2n) is 7.93. The second kappa shape index (κ2) is 6.95. The molecule has 2 aromatic carbocycles. The summed E-state index contributed by atoms with van der Waals surface area (Å²) in [5.41, 5.74) is 5.49. The summed E-state index contributed by atoms with van der Waals surface area (Å²) in [4.78, 5) is 12.2. The molecule has 2 aliphatic rings. The van der Waals surface area contributed by atoms with Crippen molar-refractivity contribution in [3.63, 3.8) is 0 Å². The third-order valence-corrected chi connectivity index (χ3v) is 5.84. The van der Waals surface area contributed by atoms with Crippen molar-refractivity contribution in [2.24, 2.45) is 0 Å². The standard InChI is InChI=1S/C23H25N5O/c1-15-6-5-7-17(12-15)28-14-20(29)21(22(28)24)23-25-18-9-8-16(13-19(18)26-23)27-10-3-2-4-11-27/h5-9,12-13,24,29H,2-4,10-11,14H2,1H3,(H,25,26). The minimum absolute atomic E-state index is 0.173. The molecule has 0 unspecified atom stereocenters. The van der Waals surface area contributed by atoms with Crippen molar-refractivity contribution >= 4 is 33.8 Å². The van der Waals surface area contributed by atoms with Gasteiger partial charge in [0.2, 0.25) is 0 Å². The molecule has 0 amide bonds. The summed E-state index contributed by atoms with van der Waals surface area (Å²) < 4.78 is 0. The molecular weight excluding hydrogens is 362 g/mol. The SMILES string of the molecule is Cc1cccc(N2CC(O)=C(c3nc4ccc(N5CCCCC5)cc4[nH]3)C2=N)c1. The Hall–Kier alpha value is -3.28. The van der Waals surface area contributed by atoms with Crippen LogP contribution in [-0.4, -0.2) is 40.5 Å². The molecule has 3 heterocycles. The Morgan fingerprint density at radius 2 is 1.86 bits per heavy atom. The molecule has 0 saturated carbocycles. The molecule has 29 heavy (non-hydrogen) atoms. The van der Waals surface area contributed by atoms with E-state index in [1.165, 1.54) is 24.9 Å². The summed E-state index contributed by atoms with van der Waals surface area (Å²) in [6.07, 6.45) is 3.78. The van der Waals surface area contributed by atoms with Crippen LogP contribution in [0.5, 0.6) is 0 Å². The summed E-state index contributed by atoms with van der Waals surface area (Å²) in [6, 6.07) is 14.2. The second-order valence-corrected chi connectivity index (χ2v) is 7.93. The highest BCUT2D eigenvalue weighted by Crippen LogP contribution is 2.32. The first-order valence-corrected chi connectivity index (χ1v) is 10.2. The van der Waals surface area contributed by atoms with Gasteiger partial charge in [0.1, 0.15) is 17.4 Å². The van der Waals surface area contributed by atoms with Crippen LogP contribution in [0.2, 0.25) is 0 Å². The molecule has 3 N–H and O–H groups in total. The van der Waals surface area contributed by atoms with Gasteiger partial charge in [-0.25, -0.2) is 4.98 Å². The van der Waals surface area contributed by atoms with Crippen molar-refractivity contribution in [3.05, 3.63) is 59.6 Å². The van der Waals surface area contributed by atoms with E-state index in [0.29, 0.717) is 11.4 Å². The molecule has 0 atom stereocenters. The monoisotopic (exact) mass is 387 g/mol. The number of piperidine rings is 1. The lowest BCUT2D eigenvalue weighted by Gasteiger charge is -2.28. The number of fused-ring (bicyclic) bond motifs is 1. The first-order chi connectivity index (χ1) is 14.1. The summed E-state index contributed by atoms with van der Waals surface area (Å²) in [5, 5.41) is 19.3. The number of benzene rings is 2. The quantitative estimate of drug-likeness (QED) is 0.612. The van der Waals surface area contributed by atoms with Gasteiger partial charge in [0, 0.05) is 24.5 Å². The van der Waals surface area contributed by atoms with Gasteiger partial charge in [0.25, 0.3) is 0 Å². The van der Waals surface area contributed by atoms with Crippen molar-refractivity contribution in [2.45, 2.75) is 26.2 Å². The van der Waals surface area contributed by atoms with Gasteiger partial charge in [-0.15, -0.1) is 0 Å². The van der Waals surface area contributed by atoms with Gasteiger partial charge in [-0.3, -0.25) is 5.41 Å². The highest BCUT2D eigenvalue weighted by Gasteiger charge is 2.31. The van der Waals surface area contributed by atoms with E-state index < -0.39 is 0 Å². The van der Waals surface area contributed by atoms with Crippen LogP contribution < -0.4 is 9.80 Å². The zero-order valence-electron chi connectivity index (χ0n) is 16.6. The Kier molecular flexibility index (Phi) is 4.27. The molecule has 6 nitrogen and oxygen atoms in total. The topological polar surface area (TPSA) is 79.2 Å². The third kappa shape index (κ3) is 3.14. The van der Waals surface area contributed by atoms with Crippen LogP contribution in [0.25, 0.3) is 16.6 Å². The molecule has 1 aromatic heterocycles. The van der Waals surface area contributed by atoms with Gasteiger partial charge in [-0.1, -0.05) is 12.1 Å². The fourth-order valence-corrected chi connectivity index (χ4v) is 4.31. The number of aromatic nitrogens is 2. The summed E-state index contributed by atoms with van der Waals surface area (Å²) in [7, 11) is 0. The van der Waals surface area contributed by atoms with E-state index in [1.807, 2.05) is 42.2 Å². The molecule has 3 aromatic rings. The molecule has 6 heteroatoms. The zero-order valence-corrected chi connectivity index (χ0v) is 16.6. The first kappa shape index (κ1) is 17.8. The lowest BCUT2D eigenvalue weighted by molar-refractivity contribution is 0.411. The Morgan fingerprint density at radius 1 is 1.03 bits per heavy atom. The van der Waals surface area contributed by atoms with E-state index in [9.17, 15) is 5.11 Å². The molecule has 1 fully saturated rings. The minimum Gasteiger partial charge on any atom is -0.509 e. The average molecular weight is 387 g/mol. The fraction of sp³-hybridized carbons (Fsp3) is 0.304. The van der Waals surface area contributed by atoms with Gasteiger partial charge in [-0.05, 0) is 62.1 Å². The number of hydrogen-bond acceptors (Lipinski definition) is 4. The number of aromatic amines is 1. The van der Waals surface area contributed by atoms with Crippen molar-refractivity contribution in [1.29, 1.82) is 5.41 Å². The van der Waals surface area contributed by atoms with Crippen LogP contribution in [-0.2, 0) is 0 Å². The van der Waals surface area contributed by atoms with E-state index >= 15 is 0 Å². The number of H-pyrrole nitrogens is 1. The Bertz CT molecular complexity index is 1120. The van der Waals surface area contributed by atoms with Crippen molar-refractivity contribution in [1.82, 2.24) is 9.97 Å². The number of amidine groups is 1. The van der Waals surface area contributed by atoms with Gasteiger partial charge < -0.3 is 19.9 Å². The van der Waals surface area contributed by atoms with E-state index in [4.69, 9.17) is 5.41 Å². The van der Waals surface area contributed by atoms with E-state index in [0.717, 1.165) is 35.4 Å². The molecule has 1 saturated heterocycles. The van der Waals surface area contributed by atoms with Crippen LogP contribution in [0.15, 0.2) is 48.2 Å². The molecule has 0 bridgehead atoms. The molecule has 2 aliphatic heterocycles. The predicted molar refractivity (Wildman–Crippen MR) is 118 cm³/mol. The number of imidazole rings is 1. The van der Waals surface area contributed by atoms with Gasteiger partial charge >= 0.3 is 0 Å². The van der Waals surface area contributed by atoms with Crippen molar-refractivity contribution < 1.29 is 5.11 Å². The number of hydrogen-bond donors (Lipinski definition) is 3. The Balaban J connectivity index is 1.46. The number of anilines is 2. The van der Waals surface area contributed by atoms with Gasteiger partial charge in [-0.2, -0.15) is 0 Å². The van der Waals surface area contributed by atoms with Crippen molar-refractivity contribution in [2.75, 3.05) is 29.4 Å². The molecule has 0 spiro atoms. The number of nitrogens with one attached hydrogen (secondary N) is 2. The largest absolute Gasteiger partial charge is 0.509 e. The molecule has 148 valence electrons. The van der Waals surface area contributed by atoms with Crippen LogP contribution >= 0.6 is 0 Å². The zero-order chi connectivity index (χ0) is 20.0. The van der Waals surface area contributed by atoms with Crippen molar-refractivity contribution in [3.8, 4) is 0 Å². The number of aliphatic hydroxyl groups is 1. The average Bonchev–Trinajstić information content (AvgIpc) is 3.27. The third-order valence-electron chi connectivity index (χ3n) is 5.84. The normalized spacial score (nSPS) is 17.6. The van der Waals surface area contributed by atoms with E-state index in [1.54, 1.807) is 0 Å². The molecule has 5 rings (SSSR count). The molecule has 0 aliphatic carbocycles. The maximum absolute atomic E-state index is 10.6. The summed E-state index contributed by atoms with van der Waals surface area (Å²) in [5.74, 6) is 0.990. The number of rotatable bonds is 3.